The van der Waals surface area contributed by atoms with Crippen LogP contribution in [0.5, 0.6) is 11.5 Å². The Morgan fingerprint density at radius 3 is 1.85 bits per heavy atom. The zero-order valence-corrected chi connectivity index (χ0v) is 43.4. The van der Waals surface area contributed by atoms with E-state index in [4.69, 9.17) is 9.72 Å². The van der Waals surface area contributed by atoms with Crippen LogP contribution >= 0.6 is 0 Å². The Kier molecular flexibility index (Phi) is 12.0. The van der Waals surface area contributed by atoms with Crippen LogP contribution in [0, 0.1) is 11.6 Å². The average molecular weight is 976 g/mol. The Balaban J connectivity index is 1.15. The maximum atomic E-state index is 15.3. The Bertz CT molecular complexity index is 3930. The Hall–Kier alpha value is -8.25. The molecule has 11 rings (SSSR count). The number of hydrogen-bond acceptors (Lipinski definition) is 2. The predicted octanol–water partition coefficient (Wildman–Crippen LogP) is 18.8. The first-order chi connectivity index (χ1) is 35.9. The van der Waals surface area contributed by atoms with Crippen molar-refractivity contribution in [3.63, 3.8) is 0 Å². The van der Waals surface area contributed by atoms with Crippen LogP contribution in [0.2, 0.25) is 0 Å². The number of pyridine rings is 1. The molecule has 0 radical (unpaired) electrons. The molecule has 8 aromatic carbocycles. The van der Waals surface area contributed by atoms with Crippen LogP contribution in [0.1, 0.15) is 104 Å². The van der Waals surface area contributed by atoms with Crippen molar-refractivity contribution in [3.05, 3.63) is 216 Å². The van der Waals surface area contributed by atoms with E-state index >= 15 is 8.78 Å². The highest BCUT2D eigenvalue weighted by atomic mass is 19.1. The Morgan fingerprint density at radius 2 is 1.16 bits per heavy atom. The standard InChI is InChI=1S/C67H60F2N4O/c1-41(2)44-29-45(42(3)4)31-46(30-44)57-20-16-21-58(47-32-50(68)37-51(69)33-47)66(57)72-40-71(62-23-14-15-24-63(62)72)52-34-48(56-18-11-10-17-55(56)43(5)6)35-54(38-52)74-53-25-26-60-59-19-12-13-22-61(59)73(64(60)39-53)65-36-49(27-28-70-65)67(7,8)9/h10-39,41-43H,1-9H3/q+2/i43D. The van der Waals surface area contributed by atoms with Gasteiger partial charge in [0.2, 0.25) is 11.4 Å². The third-order valence-corrected chi connectivity index (χ3v) is 14.3. The summed E-state index contributed by atoms with van der Waals surface area (Å²) in [6.45, 7) is 19.2. The van der Waals surface area contributed by atoms with Crippen molar-refractivity contribution >= 4 is 50.6 Å². The first-order valence-electron chi connectivity index (χ1n) is 26.0. The van der Waals surface area contributed by atoms with Crippen molar-refractivity contribution in [1.29, 1.82) is 0 Å². The van der Waals surface area contributed by atoms with Gasteiger partial charge in [-0.05, 0) is 137 Å². The number of fused-ring (bicyclic) bond motifs is 4. The van der Waals surface area contributed by atoms with Crippen molar-refractivity contribution < 1.29 is 14.9 Å². The second kappa shape index (κ2) is 19.0. The fourth-order valence-corrected chi connectivity index (χ4v) is 10.4. The molecule has 0 aliphatic carbocycles. The lowest BCUT2D eigenvalue weighted by Gasteiger charge is -2.20. The van der Waals surface area contributed by atoms with Gasteiger partial charge in [0.15, 0.2) is 0 Å². The lowest BCUT2D eigenvalue weighted by atomic mass is 9.88. The number of para-hydroxylation sites is 4. The van der Waals surface area contributed by atoms with Crippen LogP contribution in [0.15, 0.2) is 182 Å². The van der Waals surface area contributed by atoms with E-state index in [1.165, 1.54) is 28.8 Å². The Morgan fingerprint density at radius 1 is 0.554 bits per heavy atom. The van der Waals surface area contributed by atoms with E-state index < -0.39 is 17.5 Å². The van der Waals surface area contributed by atoms with Gasteiger partial charge >= 0.3 is 6.01 Å². The molecular formula is C67H60F2N4O+2. The third kappa shape index (κ3) is 8.92. The maximum absolute atomic E-state index is 15.3. The fourth-order valence-electron chi connectivity index (χ4n) is 10.4. The molecule has 0 saturated heterocycles. The summed E-state index contributed by atoms with van der Waals surface area (Å²) >= 11 is 0. The highest BCUT2D eigenvalue weighted by molar-refractivity contribution is 6.09. The molecule has 0 saturated carbocycles. The van der Waals surface area contributed by atoms with Crippen molar-refractivity contribution in [3.8, 4) is 50.7 Å². The van der Waals surface area contributed by atoms with Gasteiger partial charge in [-0.3, -0.25) is 4.57 Å². The van der Waals surface area contributed by atoms with Gasteiger partial charge in [-0.2, -0.15) is 0 Å². The molecule has 5 nitrogen and oxygen atoms in total. The quantitative estimate of drug-likeness (QED) is 0.121. The molecule has 366 valence electrons. The van der Waals surface area contributed by atoms with Crippen molar-refractivity contribution in [2.75, 3.05) is 0 Å². The number of nitrogens with zero attached hydrogens (tertiary/aromatic N) is 4. The van der Waals surface area contributed by atoms with E-state index in [2.05, 4.69) is 156 Å². The molecule has 0 amide bonds. The molecule has 74 heavy (non-hydrogen) atoms. The molecule has 0 N–H and O–H groups in total. The van der Waals surface area contributed by atoms with Crippen LogP contribution in [-0.2, 0) is 5.41 Å². The molecule has 0 bridgehead atoms. The molecule has 0 fully saturated rings. The second-order valence-corrected chi connectivity index (χ2v) is 21.4. The van der Waals surface area contributed by atoms with Gasteiger partial charge in [0.05, 0.1) is 28.2 Å². The summed E-state index contributed by atoms with van der Waals surface area (Å²) in [4.78, 5) is 4.92. The SMILES string of the molecule is [2H]C(C)(C)c1ccccc1-c1cc(Oc2ccc3c4ccccc4n(-c4cc(C(C)(C)C)ccn4)c3c2)cc([N+]2=C=[N+](c3c(-c4cc(F)cc(F)c4)cccc3-c3cc(C(C)C)cc(C(C)C)c3)c3ccccc32)c1. The molecule has 1 aliphatic rings. The fraction of sp³-hybridized carbons (Fsp3) is 0.194. The number of aromatic nitrogens is 2. The molecule has 1 aliphatic heterocycles. The highest BCUT2D eigenvalue weighted by Gasteiger charge is 2.40. The molecule has 0 atom stereocenters. The summed E-state index contributed by atoms with van der Waals surface area (Å²) in [6.07, 6.45) is 1.89. The lowest BCUT2D eigenvalue weighted by Crippen LogP contribution is -2.12. The van der Waals surface area contributed by atoms with Gasteiger partial charge in [-0.25, -0.2) is 13.8 Å². The van der Waals surface area contributed by atoms with Gasteiger partial charge in [-0.1, -0.05) is 141 Å². The van der Waals surface area contributed by atoms with Crippen LogP contribution in [0.25, 0.3) is 61.0 Å². The van der Waals surface area contributed by atoms with E-state index in [0.29, 0.717) is 22.6 Å². The normalized spacial score (nSPS) is 12.9. The second-order valence-electron chi connectivity index (χ2n) is 21.4. The maximum Gasteiger partial charge on any atom is 0.503 e. The molecule has 3 heterocycles. The molecule has 0 spiro atoms. The Labute approximate surface area is 434 Å². The van der Waals surface area contributed by atoms with E-state index in [0.717, 1.165) is 84.3 Å². The summed E-state index contributed by atoms with van der Waals surface area (Å²) in [5.74, 6) is 0.330. The van der Waals surface area contributed by atoms with Gasteiger partial charge in [-0.15, -0.1) is 0 Å². The largest absolute Gasteiger partial charge is 0.503 e. The van der Waals surface area contributed by atoms with Crippen LogP contribution in [0.3, 0.4) is 0 Å². The zero-order valence-electron chi connectivity index (χ0n) is 44.4. The van der Waals surface area contributed by atoms with E-state index in [-0.39, 0.29) is 17.3 Å². The molecular weight excluding hydrogens is 915 g/mol. The molecule has 7 heteroatoms. The average Bonchev–Trinajstić information content (AvgIpc) is 3.96. The van der Waals surface area contributed by atoms with Gasteiger partial charge in [0, 0.05) is 48.7 Å². The van der Waals surface area contributed by atoms with Crippen molar-refractivity contribution in [1.82, 2.24) is 18.7 Å². The molecule has 0 unspecified atom stereocenters. The molecule has 10 aromatic rings. The highest BCUT2D eigenvalue weighted by Crippen LogP contribution is 2.47. The topological polar surface area (TPSA) is 33.1 Å². The summed E-state index contributed by atoms with van der Waals surface area (Å²) in [7, 11) is 0. The smallest absolute Gasteiger partial charge is 0.457 e. The lowest BCUT2D eigenvalue weighted by molar-refractivity contribution is 0.483. The number of rotatable bonds is 11. The first kappa shape index (κ1) is 46.8. The number of ether oxygens (including phenoxy) is 1. The van der Waals surface area contributed by atoms with E-state index in [1.54, 1.807) is 0 Å². The minimum atomic E-state index is -0.918. The summed E-state index contributed by atoms with van der Waals surface area (Å²) in [6, 6.07) is 61.5. The zero-order chi connectivity index (χ0) is 52.5. The van der Waals surface area contributed by atoms with Gasteiger partial charge in [0.25, 0.3) is 11.4 Å². The summed E-state index contributed by atoms with van der Waals surface area (Å²) in [5, 5.41) is 2.20. The van der Waals surface area contributed by atoms with Crippen LogP contribution < -0.4 is 13.9 Å². The summed E-state index contributed by atoms with van der Waals surface area (Å²) in [5.41, 5.74) is 14.3. The monoisotopic (exact) mass is 975 g/mol. The van der Waals surface area contributed by atoms with Crippen molar-refractivity contribution in [2.45, 2.75) is 85.5 Å². The minimum absolute atomic E-state index is 0.0771. The third-order valence-electron chi connectivity index (χ3n) is 14.3. The van der Waals surface area contributed by atoms with Gasteiger partial charge in [0.1, 0.15) is 29.0 Å². The van der Waals surface area contributed by atoms with Crippen LogP contribution in [0.4, 0.5) is 31.5 Å². The number of hydrogen-bond donors (Lipinski definition) is 0. The summed E-state index contributed by atoms with van der Waals surface area (Å²) < 4.78 is 53.2. The van der Waals surface area contributed by atoms with Gasteiger partial charge < -0.3 is 4.74 Å². The van der Waals surface area contributed by atoms with E-state index in [9.17, 15) is 1.37 Å². The molecule has 2 aromatic heterocycles. The van der Waals surface area contributed by atoms with E-state index in [1.807, 2.05) is 89.9 Å². The van der Waals surface area contributed by atoms with Crippen molar-refractivity contribution in [2.24, 2.45) is 0 Å². The number of benzene rings is 8. The predicted molar refractivity (Wildman–Crippen MR) is 303 cm³/mol. The minimum Gasteiger partial charge on any atom is -0.457 e. The van der Waals surface area contributed by atoms with Crippen LogP contribution in [-0.4, -0.2) is 15.6 Å². The number of halogens is 2. The first-order valence-corrected chi connectivity index (χ1v) is 25.5.